The van der Waals surface area contributed by atoms with Crippen LogP contribution in [0.2, 0.25) is 0 Å². The Bertz CT molecular complexity index is 2150. The zero-order chi connectivity index (χ0) is 37.8. The number of nitrogens with one attached hydrogen (secondary N) is 1. The van der Waals surface area contributed by atoms with Crippen LogP contribution in [0, 0.1) is 10.8 Å². The number of ether oxygens (including phenoxy) is 3. The van der Waals surface area contributed by atoms with E-state index >= 15 is 0 Å². The average molecular weight is 734 g/mol. The van der Waals surface area contributed by atoms with Crippen molar-refractivity contribution >= 4 is 22.7 Å². The van der Waals surface area contributed by atoms with E-state index in [9.17, 15) is 14.5 Å². The summed E-state index contributed by atoms with van der Waals surface area (Å²) in [5.74, 6) is 0.154. The van der Waals surface area contributed by atoms with Crippen molar-refractivity contribution in [1.29, 1.82) is 0 Å². The van der Waals surface area contributed by atoms with Crippen molar-refractivity contribution in [3.05, 3.63) is 118 Å². The second-order valence-electron chi connectivity index (χ2n) is 15.3. The summed E-state index contributed by atoms with van der Waals surface area (Å²) in [6.07, 6.45) is 3.65. The van der Waals surface area contributed by atoms with Crippen LogP contribution in [-0.4, -0.2) is 60.7 Å². The third-order valence-corrected chi connectivity index (χ3v) is 10.1. The normalized spacial score (nSPS) is 18.7. The minimum atomic E-state index is -0.548. The lowest BCUT2D eigenvalue weighted by Crippen LogP contribution is -2.42. The predicted octanol–water partition coefficient (Wildman–Crippen LogP) is 6.96. The molecule has 12 heteroatoms. The summed E-state index contributed by atoms with van der Waals surface area (Å²) in [6.45, 7) is 7.13. The number of nitroso groups, excluding NO2 is 1. The van der Waals surface area contributed by atoms with E-state index in [1.54, 1.807) is 27.3 Å². The maximum atomic E-state index is 14.0. The number of para-hydroxylation sites is 1. The van der Waals surface area contributed by atoms with Crippen LogP contribution in [-0.2, 0) is 29.8 Å². The molecule has 2 aromatic heterocycles. The van der Waals surface area contributed by atoms with Gasteiger partial charge in [-0.05, 0) is 69.4 Å². The number of carbonyl (C=O) groups excluding carboxylic acids is 1. The Morgan fingerprint density at radius 1 is 0.852 bits per heavy atom. The summed E-state index contributed by atoms with van der Waals surface area (Å²) in [5.41, 5.74) is 4.03. The van der Waals surface area contributed by atoms with Gasteiger partial charge in [-0.1, -0.05) is 66.7 Å². The van der Waals surface area contributed by atoms with Crippen LogP contribution < -0.4 is 20.5 Å². The molecule has 3 aromatic carbocycles. The van der Waals surface area contributed by atoms with Gasteiger partial charge in [0.1, 0.15) is 29.4 Å². The quantitative estimate of drug-likeness (QED) is 0.107. The second-order valence-corrected chi connectivity index (χ2v) is 15.3. The molecule has 1 N–H and O–H groups in total. The van der Waals surface area contributed by atoms with Crippen LogP contribution in [0.5, 0.6) is 11.8 Å². The molecule has 0 spiro atoms. The van der Waals surface area contributed by atoms with E-state index in [2.05, 4.69) is 5.32 Å². The first-order chi connectivity index (χ1) is 26.0. The van der Waals surface area contributed by atoms with Crippen molar-refractivity contribution in [2.75, 3.05) is 18.4 Å². The lowest BCUT2D eigenvalue weighted by Gasteiger charge is -2.27. The summed E-state index contributed by atoms with van der Waals surface area (Å²) >= 11 is 0. The maximum absolute atomic E-state index is 14.0. The van der Waals surface area contributed by atoms with Gasteiger partial charge in [0.15, 0.2) is 0 Å². The van der Waals surface area contributed by atoms with Gasteiger partial charge in [-0.25, -0.2) is 4.79 Å². The van der Waals surface area contributed by atoms with Crippen molar-refractivity contribution in [1.82, 2.24) is 19.1 Å². The number of aryl methyl sites for hydroxylation is 1. The van der Waals surface area contributed by atoms with Gasteiger partial charge in [0.25, 0.3) is 0 Å². The fraction of sp³-hybridized carbons (Fsp3) is 0.405. The predicted molar refractivity (Wildman–Crippen MR) is 207 cm³/mol. The van der Waals surface area contributed by atoms with Crippen molar-refractivity contribution < 1.29 is 23.9 Å². The summed E-state index contributed by atoms with van der Waals surface area (Å²) < 4.78 is 21.2. The number of aromatic nitrogens is 3. The van der Waals surface area contributed by atoms with Crippen LogP contribution >= 0.6 is 0 Å². The highest BCUT2D eigenvalue weighted by molar-refractivity contribution is 5.90. The van der Waals surface area contributed by atoms with E-state index in [4.69, 9.17) is 19.2 Å². The molecule has 0 unspecified atom stereocenters. The number of esters is 1. The van der Waals surface area contributed by atoms with Crippen LogP contribution in [0.3, 0.4) is 0 Å². The molecule has 0 bridgehead atoms. The first-order valence-corrected chi connectivity index (χ1v) is 18.8. The van der Waals surface area contributed by atoms with Crippen molar-refractivity contribution in [2.45, 2.75) is 83.8 Å². The highest BCUT2D eigenvalue weighted by atomic mass is 16.6. The Balaban J connectivity index is 1.07. The van der Waals surface area contributed by atoms with Crippen LogP contribution in [0.4, 0.5) is 5.69 Å². The molecule has 5 aromatic rings. The second kappa shape index (κ2) is 15.8. The van der Waals surface area contributed by atoms with Crippen LogP contribution in [0.25, 0.3) is 16.7 Å². The zero-order valence-corrected chi connectivity index (χ0v) is 31.4. The molecule has 2 fully saturated rings. The molecule has 1 aliphatic carbocycles. The van der Waals surface area contributed by atoms with Crippen molar-refractivity contribution in [3.63, 3.8) is 0 Å². The SMILES string of the molecule is Cn1c(=O)n(-c2ccc(OCc3ccccc3)nc2OCc2ccccc2)c2cccc(NC3CCC([N+](=O)N4CC[C@@H](C(=O)OC(C)(C)C)C4)CC3)c21. The minimum Gasteiger partial charge on any atom is -0.473 e. The molecule has 0 amide bonds. The number of benzene rings is 3. The van der Waals surface area contributed by atoms with Crippen molar-refractivity contribution in [2.24, 2.45) is 13.0 Å². The fourth-order valence-corrected chi connectivity index (χ4v) is 7.38. The first kappa shape index (κ1) is 36.7. The number of hydrogen-bond donors (Lipinski definition) is 1. The van der Waals surface area contributed by atoms with E-state index in [1.807, 2.05) is 106 Å². The van der Waals surface area contributed by atoms with Gasteiger partial charge in [-0.15, -0.1) is 5.01 Å². The van der Waals surface area contributed by atoms with E-state index in [0.717, 1.165) is 52.9 Å². The highest BCUT2D eigenvalue weighted by Gasteiger charge is 2.42. The standard InChI is InChI=1S/C42H49N6O6/c1-42(2,3)54-40(49)31-24-25-46(26-31)48(51)33-20-18-32(19-21-33)43-34-16-11-17-35-38(34)45(4)41(50)47(35)36-22-23-37(52-27-29-12-7-5-8-13-29)44-39(36)53-28-30-14-9-6-10-15-30/h5-17,22-23,31-33,43H,18-21,24-28H2,1-4H3/q+1/t31-,32?,33?/m1/s1. The minimum absolute atomic E-state index is 0.124. The number of nitrogens with zero attached hydrogens (tertiary/aromatic N) is 5. The summed E-state index contributed by atoms with van der Waals surface area (Å²) in [7, 11) is 1.77. The third-order valence-electron chi connectivity index (χ3n) is 10.1. The Hall–Kier alpha value is -5.65. The van der Waals surface area contributed by atoms with Crippen molar-refractivity contribution in [3.8, 4) is 17.4 Å². The zero-order valence-electron chi connectivity index (χ0n) is 31.4. The molecule has 1 atom stereocenters. The number of anilines is 1. The number of hydrogen-bond acceptors (Lipinski definition) is 8. The largest absolute Gasteiger partial charge is 0.473 e. The van der Waals surface area contributed by atoms with Gasteiger partial charge in [0.2, 0.25) is 17.8 Å². The number of imidazole rings is 1. The molecule has 1 saturated carbocycles. The molecule has 282 valence electrons. The van der Waals surface area contributed by atoms with Gasteiger partial charge in [0, 0.05) is 32.0 Å². The monoisotopic (exact) mass is 733 g/mol. The molecule has 54 heavy (non-hydrogen) atoms. The molecule has 1 aliphatic heterocycles. The van der Waals surface area contributed by atoms with Gasteiger partial charge in [-0.3, -0.25) is 13.9 Å². The number of carbonyl (C=O) groups is 1. The number of fused-ring (bicyclic) bond motifs is 1. The Morgan fingerprint density at radius 2 is 1.52 bits per heavy atom. The molecule has 2 aliphatic rings. The summed E-state index contributed by atoms with van der Waals surface area (Å²) in [5, 5.41) is 5.46. The van der Waals surface area contributed by atoms with Gasteiger partial charge >= 0.3 is 11.7 Å². The van der Waals surface area contributed by atoms with Gasteiger partial charge < -0.3 is 19.5 Å². The van der Waals surface area contributed by atoms with E-state index in [-0.39, 0.29) is 42.1 Å². The molecule has 3 heterocycles. The van der Waals surface area contributed by atoms with Gasteiger partial charge in [-0.2, -0.15) is 4.98 Å². The van der Waals surface area contributed by atoms with E-state index in [1.165, 1.54) is 0 Å². The maximum Gasteiger partial charge on any atom is 0.333 e. The summed E-state index contributed by atoms with van der Waals surface area (Å²) in [4.78, 5) is 45.9. The topological polar surface area (TPSA) is 120 Å². The van der Waals surface area contributed by atoms with Gasteiger partial charge in [0.05, 0.1) is 40.6 Å². The average Bonchev–Trinajstić information content (AvgIpc) is 3.77. The molecule has 0 radical (unpaired) electrons. The van der Waals surface area contributed by atoms with E-state index in [0.29, 0.717) is 43.2 Å². The smallest absolute Gasteiger partial charge is 0.333 e. The first-order valence-electron chi connectivity index (χ1n) is 18.8. The molecule has 1 saturated heterocycles. The molecule has 12 nitrogen and oxygen atoms in total. The Kier molecular flexibility index (Phi) is 10.7. The number of rotatable bonds is 12. The molecule has 7 rings (SSSR count). The van der Waals surface area contributed by atoms with Crippen LogP contribution in [0.1, 0.15) is 64.0 Å². The lowest BCUT2D eigenvalue weighted by molar-refractivity contribution is -0.734. The van der Waals surface area contributed by atoms with E-state index < -0.39 is 5.60 Å². The lowest BCUT2D eigenvalue weighted by atomic mass is 9.91. The number of hydrazine groups is 1. The Morgan fingerprint density at radius 3 is 2.19 bits per heavy atom. The Labute approximate surface area is 315 Å². The fourth-order valence-electron chi connectivity index (χ4n) is 7.38. The third kappa shape index (κ3) is 8.27. The van der Waals surface area contributed by atoms with Crippen LogP contribution in [0.15, 0.2) is 95.8 Å². The molecular weight excluding hydrogens is 684 g/mol. The number of pyridine rings is 1. The summed E-state index contributed by atoms with van der Waals surface area (Å²) in [6, 6.07) is 29.1. The highest BCUT2D eigenvalue weighted by Crippen LogP contribution is 2.33. The molecular formula is C42H49N6O6+.